The molecule has 6 heteroatoms. The highest BCUT2D eigenvalue weighted by atomic mass is 35.5. The summed E-state index contributed by atoms with van der Waals surface area (Å²) < 4.78 is 6.82. The zero-order valence-corrected chi connectivity index (χ0v) is 12.7. The van der Waals surface area contributed by atoms with E-state index in [9.17, 15) is 4.79 Å². The molecule has 0 N–H and O–H groups in total. The van der Waals surface area contributed by atoms with Crippen molar-refractivity contribution in [2.75, 3.05) is 6.61 Å². The van der Waals surface area contributed by atoms with Crippen molar-refractivity contribution in [2.45, 2.75) is 40.2 Å². The first kappa shape index (κ1) is 14.8. The van der Waals surface area contributed by atoms with E-state index >= 15 is 0 Å². The molecule has 0 fully saturated rings. The van der Waals surface area contributed by atoms with E-state index in [0.29, 0.717) is 22.8 Å². The van der Waals surface area contributed by atoms with Crippen molar-refractivity contribution < 1.29 is 9.53 Å². The third-order valence-electron chi connectivity index (χ3n) is 3.09. The lowest BCUT2D eigenvalue weighted by atomic mass is 10.2. The molecule has 0 bridgehead atoms. The average molecular weight is 296 g/mol. The Hall–Kier alpha value is -1.62. The van der Waals surface area contributed by atoms with E-state index in [1.54, 1.807) is 6.92 Å². The quantitative estimate of drug-likeness (QED) is 0.794. The molecule has 0 unspecified atom stereocenters. The van der Waals surface area contributed by atoms with Crippen LogP contribution in [0, 0.1) is 6.92 Å². The maximum atomic E-state index is 11.8. The molecule has 0 aromatic carbocycles. The number of hydrogen-bond acceptors (Lipinski definition) is 4. The molecule has 0 radical (unpaired) electrons. The topological polar surface area (TPSA) is 57.0 Å². The summed E-state index contributed by atoms with van der Waals surface area (Å²) >= 11 is 6.33. The molecule has 2 heterocycles. The van der Waals surface area contributed by atoms with Gasteiger partial charge in [0, 0.05) is 12.7 Å². The number of carbonyl (C=O) groups excluding carboxylic acids is 1. The van der Waals surface area contributed by atoms with Gasteiger partial charge in [0.25, 0.3) is 0 Å². The molecular formula is C14H18ClN3O2. The van der Waals surface area contributed by atoms with Crippen LogP contribution in [0.4, 0.5) is 0 Å². The molecule has 0 aliphatic rings. The number of esters is 1. The van der Waals surface area contributed by atoms with Gasteiger partial charge in [0.1, 0.15) is 0 Å². The van der Waals surface area contributed by atoms with E-state index in [2.05, 4.69) is 17.0 Å². The van der Waals surface area contributed by atoms with E-state index < -0.39 is 5.97 Å². The summed E-state index contributed by atoms with van der Waals surface area (Å²) in [6.45, 7) is 6.85. The fraction of sp³-hybridized carbons (Fsp3) is 0.500. The summed E-state index contributed by atoms with van der Waals surface area (Å²) in [5.41, 5.74) is 1.79. The van der Waals surface area contributed by atoms with Gasteiger partial charge in [-0.2, -0.15) is 5.10 Å². The van der Waals surface area contributed by atoms with E-state index in [0.717, 1.165) is 30.5 Å². The van der Waals surface area contributed by atoms with Gasteiger partial charge in [-0.25, -0.2) is 14.5 Å². The highest BCUT2D eigenvalue weighted by Gasteiger charge is 2.19. The maximum Gasteiger partial charge on any atom is 0.341 e. The lowest BCUT2D eigenvalue weighted by Gasteiger charge is -2.05. The van der Waals surface area contributed by atoms with Crippen molar-refractivity contribution in [2.24, 2.45) is 0 Å². The van der Waals surface area contributed by atoms with Crippen molar-refractivity contribution in [1.82, 2.24) is 14.8 Å². The highest BCUT2D eigenvalue weighted by Crippen LogP contribution is 2.29. The zero-order valence-electron chi connectivity index (χ0n) is 11.9. The average Bonchev–Trinajstić information content (AvgIpc) is 2.74. The molecule has 0 amide bonds. The van der Waals surface area contributed by atoms with Crippen molar-refractivity contribution in [3.05, 3.63) is 22.5 Å². The predicted octanol–water partition coefficient (Wildman–Crippen LogP) is 3.37. The fourth-order valence-electron chi connectivity index (χ4n) is 2.09. The normalized spacial score (nSPS) is 11.0. The third-order valence-corrected chi connectivity index (χ3v) is 3.48. The van der Waals surface area contributed by atoms with Crippen LogP contribution < -0.4 is 0 Å². The second-order valence-electron chi connectivity index (χ2n) is 4.57. The molecule has 20 heavy (non-hydrogen) atoms. The Morgan fingerprint density at radius 3 is 2.85 bits per heavy atom. The fourth-order valence-corrected chi connectivity index (χ4v) is 2.44. The lowest BCUT2D eigenvalue weighted by Crippen LogP contribution is -2.07. The number of aryl methyl sites for hydroxylation is 2. The van der Waals surface area contributed by atoms with Gasteiger partial charge in [0.2, 0.25) is 0 Å². The van der Waals surface area contributed by atoms with Gasteiger partial charge in [-0.15, -0.1) is 0 Å². The number of unbranched alkanes of at least 4 members (excludes halogenated alkanes) is 1. The van der Waals surface area contributed by atoms with Crippen LogP contribution in [-0.4, -0.2) is 27.3 Å². The molecule has 0 spiro atoms. The van der Waals surface area contributed by atoms with Gasteiger partial charge >= 0.3 is 5.97 Å². The van der Waals surface area contributed by atoms with Crippen molar-refractivity contribution in [3.63, 3.8) is 0 Å². The molecule has 0 atom stereocenters. The van der Waals surface area contributed by atoms with Gasteiger partial charge in [0.15, 0.2) is 5.65 Å². The second kappa shape index (κ2) is 6.22. The van der Waals surface area contributed by atoms with Gasteiger partial charge in [-0.3, -0.25) is 0 Å². The van der Waals surface area contributed by atoms with E-state index in [-0.39, 0.29) is 0 Å². The van der Waals surface area contributed by atoms with Gasteiger partial charge in [-0.05, 0) is 20.3 Å². The number of halogens is 1. The van der Waals surface area contributed by atoms with Crippen molar-refractivity contribution >= 4 is 28.6 Å². The van der Waals surface area contributed by atoms with Crippen LogP contribution in [0.15, 0.2) is 6.20 Å². The molecule has 2 rings (SSSR count). The van der Waals surface area contributed by atoms with Crippen LogP contribution in [0.1, 0.15) is 42.7 Å². The summed E-state index contributed by atoms with van der Waals surface area (Å²) in [5.74, 6) is -0.451. The summed E-state index contributed by atoms with van der Waals surface area (Å²) in [6, 6.07) is 0. The van der Waals surface area contributed by atoms with Gasteiger partial charge < -0.3 is 4.74 Å². The largest absolute Gasteiger partial charge is 0.462 e. The zero-order chi connectivity index (χ0) is 14.7. The molecule has 2 aromatic rings. The first-order valence-corrected chi connectivity index (χ1v) is 7.16. The molecule has 5 nitrogen and oxygen atoms in total. The minimum atomic E-state index is -0.451. The van der Waals surface area contributed by atoms with Crippen molar-refractivity contribution in [1.29, 1.82) is 0 Å². The Morgan fingerprint density at radius 1 is 1.45 bits per heavy atom. The van der Waals surface area contributed by atoms with Crippen LogP contribution in [0.2, 0.25) is 5.02 Å². The SMILES string of the molecule is CCCCn1nc(C)c2c(Cl)c(C(=O)OCC)cnc21. The first-order chi connectivity index (χ1) is 9.60. The molecular weight excluding hydrogens is 278 g/mol. The summed E-state index contributed by atoms with van der Waals surface area (Å²) in [6.07, 6.45) is 3.57. The van der Waals surface area contributed by atoms with E-state index in [1.807, 2.05) is 11.6 Å². The number of ether oxygens (including phenoxy) is 1. The maximum absolute atomic E-state index is 11.8. The minimum absolute atomic E-state index is 0.291. The van der Waals surface area contributed by atoms with Crippen LogP contribution in [0.5, 0.6) is 0 Å². The Kier molecular flexibility index (Phi) is 4.60. The van der Waals surface area contributed by atoms with Gasteiger partial charge in [0.05, 0.1) is 28.3 Å². The second-order valence-corrected chi connectivity index (χ2v) is 4.95. The highest BCUT2D eigenvalue weighted by molar-refractivity contribution is 6.38. The Morgan fingerprint density at radius 2 is 2.20 bits per heavy atom. The molecule has 0 aliphatic heterocycles. The Balaban J connectivity index is 2.51. The third kappa shape index (κ3) is 2.63. The molecule has 2 aromatic heterocycles. The molecule has 0 saturated carbocycles. The van der Waals surface area contributed by atoms with Gasteiger partial charge in [-0.1, -0.05) is 24.9 Å². The first-order valence-electron chi connectivity index (χ1n) is 6.78. The van der Waals surface area contributed by atoms with Crippen LogP contribution >= 0.6 is 11.6 Å². The Bertz CT molecular complexity index is 637. The summed E-state index contributed by atoms with van der Waals surface area (Å²) in [4.78, 5) is 16.2. The number of carbonyl (C=O) groups is 1. The minimum Gasteiger partial charge on any atom is -0.462 e. The number of rotatable bonds is 5. The standard InChI is InChI=1S/C14H18ClN3O2/c1-4-6-7-18-13-11(9(3)17-18)12(15)10(8-16-13)14(19)20-5-2/h8H,4-7H2,1-3H3. The van der Waals surface area contributed by atoms with E-state index in [4.69, 9.17) is 16.3 Å². The molecule has 0 saturated heterocycles. The monoisotopic (exact) mass is 295 g/mol. The van der Waals surface area contributed by atoms with Crippen molar-refractivity contribution in [3.8, 4) is 0 Å². The number of fused-ring (bicyclic) bond motifs is 1. The summed E-state index contributed by atoms with van der Waals surface area (Å²) in [7, 11) is 0. The van der Waals surface area contributed by atoms with Crippen LogP contribution in [-0.2, 0) is 11.3 Å². The van der Waals surface area contributed by atoms with Crippen LogP contribution in [0.25, 0.3) is 11.0 Å². The number of aromatic nitrogens is 3. The van der Waals surface area contributed by atoms with Crippen LogP contribution in [0.3, 0.4) is 0 Å². The smallest absolute Gasteiger partial charge is 0.341 e. The number of nitrogens with zero attached hydrogens (tertiary/aromatic N) is 3. The van der Waals surface area contributed by atoms with E-state index in [1.165, 1.54) is 6.20 Å². The lowest BCUT2D eigenvalue weighted by molar-refractivity contribution is 0.0526. The predicted molar refractivity (Wildman–Crippen MR) is 78.1 cm³/mol. The molecule has 108 valence electrons. The Labute approximate surface area is 122 Å². The summed E-state index contributed by atoms with van der Waals surface area (Å²) in [5, 5.41) is 5.55. The molecule has 0 aliphatic carbocycles. The number of hydrogen-bond donors (Lipinski definition) is 0. The number of pyridine rings is 1.